The predicted molar refractivity (Wildman–Crippen MR) is 83.0 cm³/mol. The molecule has 0 fully saturated rings. The van der Waals surface area contributed by atoms with Gasteiger partial charge in [0.15, 0.2) is 0 Å². The maximum Gasteiger partial charge on any atom is 0.128 e. The van der Waals surface area contributed by atoms with Crippen LogP contribution in [-0.2, 0) is 5.54 Å². The first-order valence-electron chi connectivity index (χ1n) is 7.06. The molecule has 0 bridgehead atoms. The van der Waals surface area contributed by atoms with E-state index in [1.165, 1.54) is 11.1 Å². The fraction of sp³-hybridized carbons (Fsp3) is 0.562. The molecule has 0 spiro atoms. The van der Waals surface area contributed by atoms with Gasteiger partial charge in [-0.3, -0.25) is 0 Å². The molecule has 0 radical (unpaired) electrons. The fourth-order valence-electron chi connectivity index (χ4n) is 2.60. The van der Waals surface area contributed by atoms with Crippen LogP contribution in [0.1, 0.15) is 57.3 Å². The quantitative estimate of drug-likeness (QED) is 0.705. The number of benzene rings is 1. The lowest BCUT2D eigenvalue weighted by Gasteiger charge is -2.32. The molecule has 1 unspecified atom stereocenters. The predicted octanol–water partition coefficient (Wildman–Crippen LogP) is 5.18. The van der Waals surface area contributed by atoms with E-state index in [9.17, 15) is 0 Å². The number of rotatable bonds is 4. The van der Waals surface area contributed by atoms with Gasteiger partial charge in [0.05, 0.1) is 16.4 Å². The minimum atomic E-state index is -0.0786. The van der Waals surface area contributed by atoms with Crippen LogP contribution in [0.25, 0.3) is 11.0 Å². The van der Waals surface area contributed by atoms with E-state index in [-0.39, 0.29) is 10.9 Å². The Morgan fingerprint density at radius 2 is 1.95 bits per heavy atom. The van der Waals surface area contributed by atoms with E-state index in [1.54, 1.807) is 0 Å². The average Bonchev–Trinajstić information content (AvgIpc) is 2.77. The van der Waals surface area contributed by atoms with E-state index in [4.69, 9.17) is 16.6 Å². The number of hydrogen-bond donors (Lipinski definition) is 0. The van der Waals surface area contributed by atoms with Gasteiger partial charge in [-0.05, 0) is 51.3 Å². The molecule has 104 valence electrons. The third-order valence-corrected chi connectivity index (χ3v) is 4.45. The second-order valence-corrected chi connectivity index (χ2v) is 6.27. The molecular weight excluding hydrogens is 256 g/mol. The van der Waals surface area contributed by atoms with E-state index in [2.05, 4.69) is 50.5 Å². The maximum absolute atomic E-state index is 6.36. The molecule has 2 aromatic rings. The van der Waals surface area contributed by atoms with E-state index >= 15 is 0 Å². The van der Waals surface area contributed by atoms with Crippen LogP contribution in [0, 0.1) is 6.92 Å². The van der Waals surface area contributed by atoms with Crippen molar-refractivity contribution in [1.29, 1.82) is 0 Å². The molecule has 0 saturated carbocycles. The second kappa shape index (κ2) is 5.16. The summed E-state index contributed by atoms with van der Waals surface area (Å²) in [5, 5.41) is -0.0786. The van der Waals surface area contributed by atoms with Crippen molar-refractivity contribution in [2.75, 3.05) is 0 Å². The highest BCUT2D eigenvalue weighted by atomic mass is 35.5. The van der Waals surface area contributed by atoms with Crippen molar-refractivity contribution in [3.05, 3.63) is 29.6 Å². The molecule has 0 saturated heterocycles. The summed E-state index contributed by atoms with van der Waals surface area (Å²) in [5.41, 5.74) is 3.58. The Balaban J connectivity index is 2.81. The topological polar surface area (TPSA) is 17.8 Å². The number of aryl methyl sites for hydroxylation is 1. The van der Waals surface area contributed by atoms with Gasteiger partial charge in [-0.2, -0.15) is 0 Å². The van der Waals surface area contributed by atoms with Gasteiger partial charge in [0.2, 0.25) is 0 Å². The van der Waals surface area contributed by atoms with Crippen LogP contribution in [0.2, 0.25) is 0 Å². The summed E-state index contributed by atoms with van der Waals surface area (Å²) in [6.45, 7) is 10.9. The van der Waals surface area contributed by atoms with Gasteiger partial charge < -0.3 is 4.57 Å². The van der Waals surface area contributed by atoms with Crippen molar-refractivity contribution in [1.82, 2.24) is 9.55 Å². The monoisotopic (exact) mass is 278 g/mol. The first-order valence-corrected chi connectivity index (χ1v) is 7.50. The van der Waals surface area contributed by atoms with Crippen LogP contribution < -0.4 is 0 Å². The number of hydrogen-bond acceptors (Lipinski definition) is 1. The molecule has 19 heavy (non-hydrogen) atoms. The number of alkyl halides is 1. The first kappa shape index (κ1) is 14.4. The molecule has 1 aromatic heterocycles. The zero-order valence-electron chi connectivity index (χ0n) is 12.5. The van der Waals surface area contributed by atoms with E-state index in [1.807, 2.05) is 6.92 Å². The number of halogens is 1. The molecule has 3 heteroatoms. The van der Waals surface area contributed by atoms with Crippen LogP contribution in [0.15, 0.2) is 18.2 Å². The normalized spacial score (nSPS) is 14.0. The Bertz CT molecular complexity index is 580. The van der Waals surface area contributed by atoms with Gasteiger partial charge >= 0.3 is 0 Å². The van der Waals surface area contributed by atoms with E-state index < -0.39 is 0 Å². The lowest BCUT2D eigenvalue weighted by Crippen LogP contribution is -2.30. The van der Waals surface area contributed by atoms with Gasteiger partial charge in [-0.1, -0.05) is 19.9 Å². The standard InChI is InChI=1S/C16H23ClN2/c1-6-16(5,7-2)19-14-10-11(3)8-9-13(14)18-15(19)12(4)17/h8-10,12H,6-7H2,1-5H3. The molecule has 1 atom stereocenters. The van der Waals surface area contributed by atoms with E-state index in [0.717, 1.165) is 24.2 Å². The summed E-state index contributed by atoms with van der Waals surface area (Å²) in [7, 11) is 0. The smallest absolute Gasteiger partial charge is 0.128 e. The lowest BCUT2D eigenvalue weighted by molar-refractivity contribution is 0.293. The van der Waals surface area contributed by atoms with Gasteiger partial charge in [0, 0.05) is 5.54 Å². The highest BCUT2D eigenvalue weighted by molar-refractivity contribution is 6.20. The third-order valence-electron chi connectivity index (χ3n) is 4.25. The summed E-state index contributed by atoms with van der Waals surface area (Å²) in [5.74, 6) is 0.980. The molecule has 1 heterocycles. The van der Waals surface area contributed by atoms with Crippen molar-refractivity contribution in [2.24, 2.45) is 0 Å². The largest absolute Gasteiger partial charge is 0.321 e. The highest BCUT2D eigenvalue weighted by Gasteiger charge is 2.28. The Labute approximate surface area is 120 Å². The number of fused-ring (bicyclic) bond motifs is 1. The summed E-state index contributed by atoms with van der Waals surface area (Å²) in [6.07, 6.45) is 2.14. The van der Waals surface area contributed by atoms with Gasteiger partial charge in [-0.15, -0.1) is 11.6 Å². The molecule has 0 amide bonds. The Kier molecular flexibility index (Phi) is 3.91. The minimum Gasteiger partial charge on any atom is -0.321 e. The summed E-state index contributed by atoms with van der Waals surface area (Å²) < 4.78 is 2.35. The number of imidazole rings is 1. The average molecular weight is 279 g/mol. The molecule has 0 aliphatic rings. The molecule has 2 nitrogen and oxygen atoms in total. The Hall–Kier alpha value is -1.02. The van der Waals surface area contributed by atoms with Crippen LogP contribution in [0.4, 0.5) is 0 Å². The zero-order valence-corrected chi connectivity index (χ0v) is 13.3. The fourth-order valence-corrected chi connectivity index (χ4v) is 2.75. The van der Waals surface area contributed by atoms with Crippen molar-refractivity contribution in [2.45, 2.75) is 58.4 Å². The number of aromatic nitrogens is 2. The molecule has 0 aliphatic heterocycles. The van der Waals surface area contributed by atoms with Crippen LogP contribution >= 0.6 is 11.6 Å². The summed E-state index contributed by atoms with van der Waals surface area (Å²) in [6, 6.07) is 6.42. The van der Waals surface area contributed by atoms with Crippen molar-refractivity contribution in [3.63, 3.8) is 0 Å². The Morgan fingerprint density at radius 1 is 1.32 bits per heavy atom. The molecule has 0 aliphatic carbocycles. The van der Waals surface area contributed by atoms with Crippen molar-refractivity contribution >= 4 is 22.6 Å². The number of nitrogens with zero attached hydrogens (tertiary/aromatic N) is 2. The van der Waals surface area contributed by atoms with E-state index in [0.29, 0.717) is 0 Å². The molecular formula is C16H23ClN2. The van der Waals surface area contributed by atoms with Gasteiger partial charge in [0.1, 0.15) is 5.82 Å². The van der Waals surface area contributed by atoms with Crippen molar-refractivity contribution in [3.8, 4) is 0 Å². The maximum atomic E-state index is 6.36. The highest BCUT2D eigenvalue weighted by Crippen LogP contribution is 2.35. The minimum absolute atomic E-state index is 0.0705. The first-order chi connectivity index (χ1) is 8.92. The van der Waals surface area contributed by atoms with Crippen LogP contribution in [0.3, 0.4) is 0 Å². The van der Waals surface area contributed by atoms with Gasteiger partial charge in [-0.25, -0.2) is 4.98 Å². The summed E-state index contributed by atoms with van der Waals surface area (Å²) >= 11 is 6.36. The third kappa shape index (κ3) is 2.38. The molecule has 0 N–H and O–H groups in total. The SMILES string of the molecule is CCC(C)(CC)n1c(C(C)Cl)nc2ccc(C)cc21. The zero-order chi connectivity index (χ0) is 14.2. The molecule has 1 aromatic carbocycles. The van der Waals surface area contributed by atoms with Gasteiger partial charge in [0.25, 0.3) is 0 Å². The van der Waals surface area contributed by atoms with Crippen LogP contribution in [-0.4, -0.2) is 9.55 Å². The molecule has 2 rings (SSSR count). The Morgan fingerprint density at radius 3 is 2.47 bits per heavy atom. The van der Waals surface area contributed by atoms with Crippen LogP contribution in [0.5, 0.6) is 0 Å². The van der Waals surface area contributed by atoms with Crippen molar-refractivity contribution < 1.29 is 0 Å². The summed E-state index contributed by atoms with van der Waals surface area (Å²) in [4.78, 5) is 4.75. The lowest BCUT2D eigenvalue weighted by atomic mass is 9.94. The second-order valence-electron chi connectivity index (χ2n) is 5.62.